The van der Waals surface area contributed by atoms with Crippen molar-refractivity contribution in [2.24, 2.45) is 11.1 Å². The molecule has 160 valence electrons. The smallest absolute Gasteiger partial charge is 0.259 e. The number of halogens is 3. The molecule has 0 unspecified atom stereocenters. The Bertz CT molecular complexity index is 949. The number of primary amides is 1. The molecule has 1 saturated heterocycles. The predicted octanol–water partition coefficient (Wildman–Crippen LogP) is 4.10. The fourth-order valence-corrected chi connectivity index (χ4v) is 3.99. The first-order valence-corrected chi connectivity index (χ1v) is 9.99. The molecule has 5 nitrogen and oxygen atoms in total. The lowest BCUT2D eigenvalue weighted by Crippen LogP contribution is -2.50. The molecule has 1 aliphatic rings. The molecule has 0 spiro atoms. The van der Waals surface area contributed by atoms with E-state index in [1.807, 2.05) is 6.92 Å². The third-order valence-electron chi connectivity index (χ3n) is 5.35. The van der Waals surface area contributed by atoms with Crippen LogP contribution in [0, 0.1) is 24.0 Å². The zero-order valence-corrected chi connectivity index (χ0v) is 17.3. The van der Waals surface area contributed by atoms with E-state index in [0.29, 0.717) is 30.2 Å². The lowest BCUT2D eigenvalue weighted by atomic mass is 9.77. The third-order valence-corrected chi connectivity index (χ3v) is 5.77. The maximum absolute atomic E-state index is 14.1. The summed E-state index contributed by atoms with van der Waals surface area (Å²) in [6.45, 7) is 2.40. The summed E-state index contributed by atoms with van der Waals surface area (Å²) in [6, 6.07) is 8.50. The number of ether oxygens (including phenoxy) is 1. The van der Waals surface area contributed by atoms with Gasteiger partial charge in [-0.15, -0.1) is 0 Å². The summed E-state index contributed by atoms with van der Waals surface area (Å²) in [5.74, 6) is -2.54. The maximum atomic E-state index is 14.1. The van der Waals surface area contributed by atoms with E-state index < -0.39 is 34.4 Å². The predicted molar refractivity (Wildman–Crippen MR) is 109 cm³/mol. The molecule has 1 atom stereocenters. The Hall–Kier alpha value is -2.67. The molecule has 30 heavy (non-hydrogen) atoms. The van der Waals surface area contributed by atoms with Crippen LogP contribution in [0.4, 0.5) is 8.78 Å². The van der Waals surface area contributed by atoms with Crippen molar-refractivity contribution >= 4 is 23.4 Å². The zero-order valence-electron chi connectivity index (χ0n) is 16.6. The second-order valence-electron chi connectivity index (χ2n) is 7.77. The summed E-state index contributed by atoms with van der Waals surface area (Å²) < 4.78 is 34.1. The van der Waals surface area contributed by atoms with E-state index in [1.165, 1.54) is 11.0 Å². The number of aryl methyl sites for hydroxylation is 1. The number of nitrogens with two attached hydrogens (primary N) is 1. The Morgan fingerprint density at radius 1 is 1.23 bits per heavy atom. The molecule has 2 N–H and O–H groups in total. The SMILES string of the molecule is Cc1cc(OC[C@@]2(CC(N)=O)CCCN(C(=O)c3c(F)cccc3F)C2)ccc1Cl. The molecule has 2 aromatic carbocycles. The van der Waals surface area contributed by atoms with Crippen molar-refractivity contribution < 1.29 is 23.1 Å². The highest BCUT2D eigenvalue weighted by atomic mass is 35.5. The van der Waals surface area contributed by atoms with E-state index >= 15 is 0 Å². The Balaban J connectivity index is 1.82. The normalized spacial score (nSPS) is 18.9. The molecule has 2 amide bonds. The minimum absolute atomic E-state index is 0.0108. The first-order valence-electron chi connectivity index (χ1n) is 9.61. The molecule has 0 aromatic heterocycles. The van der Waals surface area contributed by atoms with Gasteiger partial charge in [-0.25, -0.2) is 8.78 Å². The Morgan fingerprint density at radius 2 is 1.93 bits per heavy atom. The van der Waals surface area contributed by atoms with E-state index in [4.69, 9.17) is 22.1 Å². The number of hydrogen-bond acceptors (Lipinski definition) is 3. The zero-order chi connectivity index (χ0) is 21.9. The summed E-state index contributed by atoms with van der Waals surface area (Å²) in [4.78, 5) is 26.0. The molecular formula is C22H23ClF2N2O3. The lowest BCUT2D eigenvalue weighted by Gasteiger charge is -2.42. The Kier molecular flexibility index (Phi) is 6.61. The molecule has 1 heterocycles. The van der Waals surface area contributed by atoms with Gasteiger partial charge in [-0.3, -0.25) is 9.59 Å². The average Bonchev–Trinajstić information content (AvgIpc) is 2.68. The van der Waals surface area contributed by atoms with E-state index in [1.54, 1.807) is 18.2 Å². The molecular weight excluding hydrogens is 414 g/mol. The van der Waals surface area contributed by atoms with Crippen molar-refractivity contribution in [2.75, 3.05) is 19.7 Å². The van der Waals surface area contributed by atoms with Gasteiger partial charge in [-0.2, -0.15) is 0 Å². The summed E-state index contributed by atoms with van der Waals surface area (Å²) in [7, 11) is 0. The summed E-state index contributed by atoms with van der Waals surface area (Å²) >= 11 is 6.04. The number of benzene rings is 2. The van der Waals surface area contributed by atoms with Crippen molar-refractivity contribution in [1.82, 2.24) is 4.90 Å². The van der Waals surface area contributed by atoms with E-state index in [9.17, 15) is 18.4 Å². The fourth-order valence-electron chi connectivity index (χ4n) is 3.87. The van der Waals surface area contributed by atoms with Crippen molar-refractivity contribution in [1.29, 1.82) is 0 Å². The van der Waals surface area contributed by atoms with Crippen LogP contribution in [0.25, 0.3) is 0 Å². The van der Waals surface area contributed by atoms with Gasteiger partial charge in [0.05, 0.1) is 6.61 Å². The fraction of sp³-hybridized carbons (Fsp3) is 0.364. The van der Waals surface area contributed by atoms with Gasteiger partial charge in [0.15, 0.2) is 0 Å². The highest BCUT2D eigenvalue weighted by Crippen LogP contribution is 2.35. The number of piperidine rings is 1. The molecule has 0 saturated carbocycles. The molecule has 1 aliphatic heterocycles. The van der Waals surface area contributed by atoms with Crippen LogP contribution in [0.15, 0.2) is 36.4 Å². The van der Waals surface area contributed by atoms with E-state index in [2.05, 4.69) is 0 Å². The van der Waals surface area contributed by atoms with Gasteiger partial charge in [-0.1, -0.05) is 17.7 Å². The molecule has 0 aliphatic carbocycles. The van der Waals surface area contributed by atoms with Gasteiger partial charge in [0.2, 0.25) is 5.91 Å². The monoisotopic (exact) mass is 436 g/mol. The second kappa shape index (κ2) is 9.00. The maximum Gasteiger partial charge on any atom is 0.259 e. The number of hydrogen-bond donors (Lipinski definition) is 1. The van der Waals surface area contributed by atoms with Crippen LogP contribution in [0.2, 0.25) is 5.02 Å². The van der Waals surface area contributed by atoms with Crippen LogP contribution >= 0.6 is 11.6 Å². The van der Waals surface area contributed by atoms with Crippen LogP contribution in [0.5, 0.6) is 5.75 Å². The quantitative estimate of drug-likeness (QED) is 0.740. The lowest BCUT2D eigenvalue weighted by molar-refractivity contribution is -0.122. The van der Waals surface area contributed by atoms with Crippen molar-refractivity contribution in [3.05, 3.63) is 64.2 Å². The molecule has 0 radical (unpaired) electrons. The van der Waals surface area contributed by atoms with Crippen LogP contribution in [0.1, 0.15) is 35.2 Å². The van der Waals surface area contributed by atoms with Crippen molar-refractivity contribution in [2.45, 2.75) is 26.2 Å². The summed E-state index contributed by atoms with van der Waals surface area (Å²) in [5.41, 5.74) is 4.96. The topological polar surface area (TPSA) is 72.6 Å². The molecule has 1 fully saturated rings. The molecule has 3 rings (SSSR count). The van der Waals surface area contributed by atoms with E-state index in [-0.39, 0.29) is 19.6 Å². The standard InChI is InChI=1S/C22H23ClF2N2O3/c1-14-10-15(6-7-16(14)23)30-13-22(11-19(26)28)8-3-9-27(12-22)21(29)20-17(24)4-2-5-18(20)25/h2,4-7,10H,3,8-9,11-13H2,1H3,(H2,26,28)/t22-/m1/s1. The number of carbonyl (C=O) groups is 2. The minimum Gasteiger partial charge on any atom is -0.493 e. The van der Waals surface area contributed by atoms with Crippen LogP contribution < -0.4 is 10.5 Å². The average molecular weight is 437 g/mol. The van der Waals surface area contributed by atoms with Gasteiger partial charge < -0.3 is 15.4 Å². The number of rotatable bonds is 6. The van der Waals surface area contributed by atoms with Crippen molar-refractivity contribution in [3.63, 3.8) is 0 Å². The van der Waals surface area contributed by atoms with Crippen LogP contribution in [-0.2, 0) is 4.79 Å². The van der Waals surface area contributed by atoms with Crippen LogP contribution in [-0.4, -0.2) is 36.4 Å². The number of amides is 2. The Morgan fingerprint density at radius 3 is 2.57 bits per heavy atom. The van der Waals surface area contributed by atoms with Crippen LogP contribution in [0.3, 0.4) is 0 Å². The first kappa shape index (κ1) is 22.0. The largest absolute Gasteiger partial charge is 0.493 e. The highest BCUT2D eigenvalue weighted by Gasteiger charge is 2.40. The summed E-state index contributed by atoms with van der Waals surface area (Å²) in [6.07, 6.45) is 1.13. The minimum atomic E-state index is -0.918. The molecule has 8 heteroatoms. The number of carbonyl (C=O) groups excluding carboxylic acids is 2. The van der Waals surface area contributed by atoms with Gasteiger partial charge in [0, 0.05) is 29.9 Å². The van der Waals surface area contributed by atoms with Crippen molar-refractivity contribution in [3.8, 4) is 5.75 Å². The van der Waals surface area contributed by atoms with Gasteiger partial charge in [-0.05, 0) is 55.7 Å². The third kappa shape index (κ3) is 4.90. The second-order valence-corrected chi connectivity index (χ2v) is 8.18. The Labute approximate surface area is 178 Å². The van der Waals surface area contributed by atoms with E-state index in [0.717, 1.165) is 17.7 Å². The molecule has 0 bridgehead atoms. The molecule has 2 aromatic rings. The van der Waals surface area contributed by atoms with Gasteiger partial charge in [0.1, 0.15) is 22.9 Å². The number of likely N-dealkylation sites (tertiary alicyclic amines) is 1. The van der Waals surface area contributed by atoms with Gasteiger partial charge in [0.25, 0.3) is 5.91 Å². The first-order chi connectivity index (χ1) is 14.2. The van der Waals surface area contributed by atoms with Gasteiger partial charge >= 0.3 is 0 Å². The summed E-state index contributed by atoms with van der Waals surface area (Å²) in [5, 5.41) is 0.607. The number of nitrogens with zero attached hydrogens (tertiary/aromatic N) is 1. The highest BCUT2D eigenvalue weighted by molar-refractivity contribution is 6.31.